The molecule has 0 radical (unpaired) electrons. The van der Waals surface area contributed by atoms with E-state index in [0.29, 0.717) is 11.8 Å². The highest BCUT2D eigenvalue weighted by atomic mass is 16.3. The van der Waals surface area contributed by atoms with E-state index in [1.807, 2.05) is 7.05 Å². The molecular weight excluding hydrogens is 250 g/mol. The van der Waals surface area contributed by atoms with Crippen molar-refractivity contribution in [3.8, 4) is 0 Å². The van der Waals surface area contributed by atoms with Crippen LogP contribution in [0.3, 0.4) is 0 Å². The van der Waals surface area contributed by atoms with Crippen molar-refractivity contribution in [2.45, 2.75) is 58.0 Å². The van der Waals surface area contributed by atoms with E-state index in [1.165, 1.54) is 38.5 Å². The molecule has 4 fully saturated rings. The fourth-order valence-electron chi connectivity index (χ4n) is 6.08. The minimum absolute atomic E-state index is 0.158. The van der Waals surface area contributed by atoms with Crippen molar-refractivity contribution in [1.29, 1.82) is 0 Å². The molecule has 3 atom stereocenters. The normalized spacial score (nSPS) is 44.0. The number of aromatic nitrogens is 3. The van der Waals surface area contributed by atoms with Gasteiger partial charge in [-0.15, -0.1) is 0 Å². The summed E-state index contributed by atoms with van der Waals surface area (Å²) in [6.07, 6.45) is 9.87. The first-order valence-electron chi connectivity index (χ1n) is 7.99. The first kappa shape index (κ1) is 12.8. The molecule has 20 heavy (non-hydrogen) atoms. The molecule has 0 amide bonds. The standard InChI is InChI=1S/C16H25N3O/c1-15-5-11-3-12(6-15)8-16(7-11,9-15)13(20)4-14-17-10-18-19(14)2/h10-13,20H,3-9H2,1-2H3. The lowest BCUT2D eigenvalue weighted by molar-refractivity contribution is -0.153. The van der Waals surface area contributed by atoms with Crippen LogP contribution in [0, 0.1) is 22.7 Å². The van der Waals surface area contributed by atoms with Gasteiger partial charge >= 0.3 is 0 Å². The van der Waals surface area contributed by atoms with Crippen molar-refractivity contribution in [3.63, 3.8) is 0 Å². The van der Waals surface area contributed by atoms with Gasteiger partial charge in [-0.25, -0.2) is 4.98 Å². The molecule has 4 aliphatic rings. The summed E-state index contributed by atoms with van der Waals surface area (Å²) >= 11 is 0. The highest BCUT2D eigenvalue weighted by Gasteiger charge is 2.58. The van der Waals surface area contributed by atoms with Gasteiger partial charge in [-0.1, -0.05) is 6.92 Å². The zero-order valence-corrected chi connectivity index (χ0v) is 12.5. The molecule has 4 nitrogen and oxygen atoms in total. The molecule has 1 N–H and O–H groups in total. The van der Waals surface area contributed by atoms with Crippen LogP contribution in [0.15, 0.2) is 6.33 Å². The Balaban J connectivity index is 1.59. The highest BCUT2D eigenvalue weighted by Crippen LogP contribution is 2.66. The van der Waals surface area contributed by atoms with Crippen LogP contribution in [0.4, 0.5) is 0 Å². The van der Waals surface area contributed by atoms with Crippen LogP contribution >= 0.6 is 0 Å². The monoisotopic (exact) mass is 275 g/mol. The van der Waals surface area contributed by atoms with E-state index in [0.717, 1.165) is 17.7 Å². The van der Waals surface area contributed by atoms with Gasteiger partial charge in [0.15, 0.2) is 0 Å². The smallest absolute Gasteiger partial charge is 0.138 e. The fourth-order valence-corrected chi connectivity index (χ4v) is 6.08. The van der Waals surface area contributed by atoms with E-state index in [9.17, 15) is 5.11 Å². The number of hydrogen-bond donors (Lipinski definition) is 1. The molecule has 1 aromatic rings. The summed E-state index contributed by atoms with van der Waals surface area (Å²) in [4.78, 5) is 4.29. The summed E-state index contributed by atoms with van der Waals surface area (Å²) in [6.45, 7) is 2.45. The Bertz CT molecular complexity index is 510. The molecule has 110 valence electrons. The van der Waals surface area contributed by atoms with Gasteiger partial charge in [0.05, 0.1) is 6.10 Å². The fraction of sp³-hybridized carbons (Fsp3) is 0.875. The summed E-state index contributed by atoms with van der Waals surface area (Å²) in [5.74, 6) is 2.63. The van der Waals surface area contributed by atoms with Gasteiger partial charge in [-0.2, -0.15) is 5.10 Å². The minimum atomic E-state index is -0.254. The van der Waals surface area contributed by atoms with E-state index in [2.05, 4.69) is 17.0 Å². The molecule has 4 saturated carbocycles. The molecule has 1 aromatic heterocycles. The van der Waals surface area contributed by atoms with Crippen LogP contribution in [-0.2, 0) is 13.5 Å². The molecule has 0 aromatic carbocycles. The summed E-state index contributed by atoms with van der Waals surface area (Å²) in [7, 11) is 1.91. The van der Waals surface area contributed by atoms with Crippen LogP contribution in [0.1, 0.15) is 51.3 Å². The number of aryl methyl sites for hydroxylation is 1. The van der Waals surface area contributed by atoms with Crippen molar-refractivity contribution in [2.75, 3.05) is 0 Å². The van der Waals surface area contributed by atoms with Crippen LogP contribution in [-0.4, -0.2) is 26.0 Å². The van der Waals surface area contributed by atoms with E-state index < -0.39 is 0 Å². The van der Waals surface area contributed by atoms with Crippen LogP contribution < -0.4 is 0 Å². The summed E-state index contributed by atoms with van der Waals surface area (Å²) < 4.78 is 1.80. The average Bonchev–Trinajstić information content (AvgIpc) is 2.71. The van der Waals surface area contributed by atoms with Crippen LogP contribution in [0.2, 0.25) is 0 Å². The first-order chi connectivity index (χ1) is 9.48. The molecule has 5 rings (SSSR count). The lowest BCUT2D eigenvalue weighted by atomic mass is 9.43. The van der Waals surface area contributed by atoms with E-state index in [4.69, 9.17) is 0 Å². The third-order valence-corrected chi connectivity index (χ3v) is 6.29. The van der Waals surface area contributed by atoms with Gasteiger partial charge in [-0.05, 0) is 61.2 Å². The highest BCUT2D eigenvalue weighted by molar-refractivity contribution is 5.09. The Morgan fingerprint density at radius 1 is 1.35 bits per heavy atom. The second-order valence-corrected chi connectivity index (χ2v) is 8.15. The molecule has 1 heterocycles. The summed E-state index contributed by atoms with van der Waals surface area (Å²) in [5, 5.41) is 15.1. The second-order valence-electron chi connectivity index (χ2n) is 8.15. The molecule has 0 saturated heterocycles. The summed E-state index contributed by atoms with van der Waals surface area (Å²) in [6, 6.07) is 0. The maximum atomic E-state index is 10.9. The third kappa shape index (κ3) is 1.84. The first-order valence-corrected chi connectivity index (χ1v) is 7.99. The topological polar surface area (TPSA) is 50.9 Å². The maximum absolute atomic E-state index is 10.9. The maximum Gasteiger partial charge on any atom is 0.138 e. The zero-order chi connectivity index (χ0) is 14.0. The molecule has 0 spiro atoms. The third-order valence-electron chi connectivity index (χ3n) is 6.29. The Labute approximate surface area is 120 Å². The molecule has 0 aliphatic heterocycles. The molecule has 3 unspecified atom stereocenters. The Kier molecular flexibility index (Phi) is 2.60. The average molecular weight is 275 g/mol. The van der Waals surface area contributed by atoms with Crippen molar-refractivity contribution in [1.82, 2.24) is 14.8 Å². The Morgan fingerprint density at radius 3 is 2.60 bits per heavy atom. The lowest BCUT2D eigenvalue weighted by Crippen LogP contribution is -2.55. The van der Waals surface area contributed by atoms with Gasteiger partial charge in [0.2, 0.25) is 0 Å². The number of aliphatic hydroxyl groups is 1. The van der Waals surface area contributed by atoms with Gasteiger partial charge < -0.3 is 5.11 Å². The van der Waals surface area contributed by atoms with E-state index in [-0.39, 0.29) is 11.5 Å². The predicted molar refractivity (Wildman–Crippen MR) is 75.9 cm³/mol. The van der Waals surface area contributed by atoms with Crippen molar-refractivity contribution >= 4 is 0 Å². The van der Waals surface area contributed by atoms with Crippen LogP contribution in [0.5, 0.6) is 0 Å². The number of nitrogens with zero attached hydrogens (tertiary/aromatic N) is 3. The number of rotatable bonds is 3. The van der Waals surface area contributed by atoms with Gasteiger partial charge in [0.1, 0.15) is 12.2 Å². The second kappa shape index (κ2) is 4.06. The predicted octanol–water partition coefficient (Wildman–Crippen LogP) is 2.33. The van der Waals surface area contributed by atoms with E-state index >= 15 is 0 Å². The quantitative estimate of drug-likeness (QED) is 0.921. The van der Waals surface area contributed by atoms with Gasteiger partial charge in [0.25, 0.3) is 0 Å². The SMILES string of the molecule is Cn1ncnc1CC(O)C12CC3CC(CC(C)(C3)C1)C2. The van der Waals surface area contributed by atoms with E-state index in [1.54, 1.807) is 11.0 Å². The largest absolute Gasteiger partial charge is 0.392 e. The lowest BCUT2D eigenvalue weighted by Gasteiger charge is -2.62. The van der Waals surface area contributed by atoms with Crippen molar-refractivity contribution < 1.29 is 5.11 Å². The summed E-state index contributed by atoms with van der Waals surface area (Å²) in [5.41, 5.74) is 0.649. The minimum Gasteiger partial charge on any atom is -0.392 e. The molecule has 4 aliphatic carbocycles. The van der Waals surface area contributed by atoms with Gasteiger partial charge in [-0.3, -0.25) is 4.68 Å². The van der Waals surface area contributed by atoms with Gasteiger partial charge in [0, 0.05) is 13.5 Å². The zero-order valence-electron chi connectivity index (χ0n) is 12.5. The van der Waals surface area contributed by atoms with Crippen molar-refractivity contribution in [2.24, 2.45) is 29.7 Å². The Hall–Kier alpha value is -0.900. The van der Waals surface area contributed by atoms with Crippen molar-refractivity contribution in [3.05, 3.63) is 12.2 Å². The Morgan fingerprint density at radius 2 is 2.05 bits per heavy atom. The van der Waals surface area contributed by atoms with Crippen LogP contribution in [0.25, 0.3) is 0 Å². The molecule has 4 bridgehead atoms. The number of hydrogen-bond acceptors (Lipinski definition) is 3. The number of aliphatic hydroxyl groups excluding tert-OH is 1. The molecular formula is C16H25N3O. The molecule has 4 heteroatoms.